The Hall–Kier alpha value is -3.43. The van der Waals surface area contributed by atoms with E-state index in [9.17, 15) is 14.0 Å². The van der Waals surface area contributed by atoms with E-state index in [1.165, 1.54) is 34.1 Å². The number of carbonyl (C=O) groups excluding carboxylic acids is 1. The number of rotatable bonds is 4. The summed E-state index contributed by atoms with van der Waals surface area (Å²) >= 11 is 1.38. The minimum atomic E-state index is -0.502. The van der Waals surface area contributed by atoms with Crippen molar-refractivity contribution in [2.75, 3.05) is 26.2 Å². The van der Waals surface area contributed by atoms with Gasteiger partial charge in [-0.25, -0.2) is 9.37 Å². The minimum absolute atomic E-state index is 0.0978. The molecule has 1 amide bonds. The van der Waals surface area contributed by atoms with Gasteiger partial charge in [0.25, 0.3) is 11.5 Å². The van der Waals surface area contributed by atoms with Crippen LogP contribution in [-0.4, -0.2) is 56.5 Å². The van der Waals surface area contributed by atoms with E-state index >= 15 is 0 Å². The summed E-state index contributed by atoms with van der Waals surface area (Å²) in [4.78, 5) is 34.3. The van der Waals surface area contributed by atoms with Crippen LogP contribution in [0, 0.1) is 12.7 Å². The summed E-state index contributed by atoms with van der Waals surface area (Å²) in [7, 11) is 0. The molecule has 0 saturated carbocycles. The van der Waals surface area contributed by atoms with E-state index in [0.29, 0.717) is 43.4 Å². The van der Waals surface area contributed by atoms with Crippen LogP contribution in [0.5, 0.6) is 0 Å². The summed E-state index contributed by atoms with van der Waals surface area (Å²) < 4.78 is 15.3. The first-order chi connectivity index (χ1) is 16.0. The number of aromatic nitrogens is 3. The average molecular weight is 464 g/mol. The Bertz CT molecular complexity index is 1370. The minimum Gasteiger partial charge on any atom is -0.336 e. The molecule has 1 saturated heterocycles. The number of carbonyl (C=O) groups is 1. The first kappa shape index (κ1) is 21.4. The van der Waals surface area contributed by atoms with Gasteiger partial charge in [0, 0.05) is 44.4 Å². The van der Waals surface area contributed by atoms with E-state index in [1.807, 2.05) is 31.2 Å². The predicted octanol–water partition coefficient (Wildman–Crippen LogP) is 3.22. The number of hydrogen-bond donors (Lipinski definition) is 0. The van der Waals surface area contributed by atoms with Crippen LogP contribution in [0.2, 0.25) is 0 Å². The fourth-order valence-electron chi connectivity index (χ4n) is 3.89. The van der Waals surface area contributed by atoms with E-state index in [4.69, 9.17) is 0 Å². The Morgan fingerprint density at radius 1 is 1.06 bits per heavy atom. The maximum absolute atomic E-state index is 14.0. The van der Waals surface area contributed by atoms with Crippen LogP contribution in [0.15, 0.2) is 59.4 Å². The Labute approximate surface area is 193 Å². The summed E-state index contributed by atoms with van der Waals surface area (Å²) in [5.41, 5.74) is 2.67. The molecule has 7 nitrogen and oxygen atoms in total. The molecule has 4 aromatic rings. The molecular formula is C24H22FN5O2S. The molecule has 168 valence electrons. The molecule has 0 aliphatic carbocycles. The number of benzene rings is 2. The highest BCUT2D eigenvalue weighted by molar-refractivity contribution is 7.19. The van der Waals surface area contributed by atoms with Gasteiger partial charge >= 0.3 is 0 Å². The molecule has 1 aliphatic rings. The van der Waals surface area contributed by atoms with E-state index in [1.54, 1.807) is 17.0 Å². The van der Waals surface area contributed by atoms with Crippen molar-refractivity contribution in [2.45, 2.75) is 13.5 Å². The van der Waals surface area contributed by atoms with Crippen molar-refractivity contribution < 1.29 is 9.18 Å². The molecule has 0 unspecified atom stereocenters. The number of amides is 1. The quantitative estimate of drug-likeness (QED) is 0.465. The molecule has 1 fully saturated rings. The van der Waals surface area contributed by atoms with Gasteiger partial charge in [-0.15, -0.1) is 0 Å². The molecular weight excluding hydrogens is 441 g/mol. The fraction of sp³-hybridized carbons (Fsp3) is 0.250. The fourth-order valence-corrected chi connectivity index (χ4v) is 4.82. The van der Waals surface area contributed by atoms with Gasteiger partial charge in [0.15, 0.2) is 0 Å². The molecule has 1 aliphatic heterocycles. The summed E-state index contributed by atoms with van der Waals surface area (Å²) in [5.74, 6) is -0.795. The van der Waals surface area contributed by atoms with Crippen LogP contribution in [0.1, 0.15) is 21.6 Å². The largest absolute Gasteiger partial charge is 0.336 e. The zero-order chi connectivity index (χ0) is 22.9. The SMILES string of the molecule is Cc1ccc(-c2nn3c(=O)cc(CN4CCN(C(=O)c5ccccc5F)CC4)nc3s2)cc1. The maximum Gasteiger partial charge on any atom is 0.275 e. The van der Waals surface area contributed by atoms with Gasteiger partial charge < -0.3 is 4.90 Å². The third-order valence-electron chi connectivity index (χ3n) is 5.75. The Morgan fingerprint density at radius 3 is 2.52 bits per heavy atom. The Balaban J connectivity index is 1.28. The highest BCUT2D eigenvalue weighted by Crippen LogP contribution is 2.24. The number of nitrogens with zero attached hydrogens (tertiary/aromatic N) is 5. The predicted molar refractivity (Wildman–Crippen MR) is 125 cm³/mol. The second-order valence-corrected chi connectivity index (χ2v) is 9.06. The molecule has 2 aromatic carbocycles. The van der Waals surface area contributed by atoms with Crippen LogP contribution in [-0.2, 0) is 6.54 Å². The van der Waals surface area contributed by atoms with Gasteiger partial charge in [-0.2, -0.15) is 9.61 Å². The van der Waals surface area contributed by atoms with E-state index in [0.717, 1.165) is 16.1 Å². The van der Waals surface area contributed by atoms with Gasteiger partial charge in [-0.3, -0.25) is 14.5 Å². The van der Waals surface area contributed by atoms with Gasteiger partial charge in [-0.05, 0) is 19.1 Å². The zero-order valence-electron chi connectivity index (χ0n) is 18.1. The number of fused-ring (bicyclic) bond motifs is 1. The van der Waals surface area contributed by atoms with E-state index < -0.39 is 5.82 Å². The lowest BCUT2D eigenvalue weighted by molar-refractivity contribution is 0.0622. The van der Waals surface area contributed by atoms with Crippen molar-refractivity contribution >= 4 is 22.2 Å². The average Bonchev–Trinajstić information content (AvgIpc) is 3.25. The van der Waals surface area contributed by atoms with Crippen LogP contribution in [0.25, 0.3) is 15.5 Å². The molecule has 9 heteroatoms. The first-order valence-electron chi connectivity index (χ1n) is 10.7. The molecule has 0 bridgehead atoms. The zero-order valence-corrected chi connectivity index (χ0v) is 18.9. The highest BCUT2D eigenvalue weighted by atomic mass is 32.1. The van der Waals surface area contributed by atoms with Crippen molar-refractivity contribution in [2.24, 2.45) is 0 Å². The standard InChI is InChI=1S/C24H22FN5O2S/c1-16-6-8-17(9-7-16)22-27-30-21(31)14-18(26-24(30)33-22)15-28-10-12-29(13-11-28)23(32)19-4-2-3-5-20(19)25/h2-9,14H,10-13,15H2,1H3. The van der Waals surface area contributed by atoms with Crippen molar-refractivity contribution in [1.82, 2.24) is 24.4 Å². The number of halogens is 1. The third kappa shape index (κ3) is 4.42. The Morgan fingerprint density at radius 2 is 1.79 bits per heavy atom. The summed E-state index contributed by atoms with van der Waals surface area (Å²) in [6.45, 7) is 4.76. The molecule has 0 radical (unpaired) electrons. The second-order valence-electron chi connectivity index (χ2n) is 8.10. The highest BCUT2D eigenvalue weighted by Gasteiger charge is 2.24. The second kappa shape index (κ2) is 8.84. The van der Waals surface area contributed by atoms with Crippen molar-refractivity contribution in [3.05, 3.63) is 87.6 Å². The van der Waals surface area contributed by atoms with Crippen LogP contribution in [0.4, 0.5) is 4.39 Å². The number of aryl methyl sites for hydroxylation is 1. The molecule has 0 spiro atoms. The first-order valence-corrected chi connectivity index (χ1v) is 11.5. The summed E-state index contributed by atoms with van der Waals surface area (Å²) in [5, 5.41) is 5.18. The number of piperazine rings is 1. The van der Waals surface area contributed by atoms with Crippen LogP contribution >= 0.6 is 11.3 Å². The Kier molecular flexibility index (Phi) is 5.74. The molecule has 5 rings (SSSR count). The smallest absolute Gasteiger partial charge is 0.275 e. The topological polar surface area (TPSA) is 70.8 Å². The van der Waals surface area contributed by atoms with Gasteiger partial charge in [0.2, 0.25) is 4.96 Å². The molecule has 3 heterocycles. The third-order valence-corrected chi connectivity index (χ3v) is 6.70. The van der Waals surface area contributed by atoms with Crippen molar-refractivity contribution in [1.29, 1.82) is 0 Å². The molecule has 2 aromatic heterocycles. The lowest BCUT2D eigenvalue weighted by Gasteiger charge is -2.34. The lowest BCUT2D eigenvalue weighted by Crippen LogP contribution is -2.48. The summed E-state index contributed by atoms with van der Waals surface area (Å²) in [6, 6.07) is 15.6. The normalized spacial score (nSPS) is 14.7. The van der Waals surface area contributed by atoms with Gasteiger partial charge in [0.05, 0.1) is 11.3 Å². The molecule has 0 atom stereocenters. The monoisotopic (exact) mass is 463 g/mol. The molecule has 33 heavy (non-hydrogen) atoms. The summed E-state index contributed by atoms with van der Waals surface area (Å²) in [6.07, 6.45) is 0. The lowest BCUT2D eigenvalue weighted by atomic mass is 10.1. The van der Waals surface area contributed by atoms with Gasteiger partial charge in [0.1, 0.15) is 10.8 Å². The van der Waals surface area contributed by atoms with Crippen LogP contribution in [0.3, 0.4) is 0 Å². The van der Waals surface area contributed by atoms with Crippen molar-refractivity contribution in [3.63, 3.8) is 0 Å². The maximum atomic E-state index is 14.0. The van der Waals surface area contributed by atoms with E-state index in [2.05, 4.69) is 15.0 Å². The van der Waals surface area contributed by atoms with E-state index in [-0.39, 0.29) is 17.0 Å². The molecule has 0 N–H and O–H groups in total. The van der Waals surface area contributed by atoms with Crippen LogP contribution < -0.4 is 5.56 Å². The number of hydrogen-bond acceptors (Lipinski definition) is 6. The van der Waals surface area contributed by atoms with Gasteiger partial charge in [-0.1, -0.05) is 53.3 Å². The van der Waals surface area contributed by atoms with Crippen molar-refractivity contribution in [3.8, 4) is 10.6 Å².